The van der Waals surface area contributed by atoms with Gasteiger partial charge in [0.15, 0.2) is 15.6 Å². The minimum absolute atomic E-state index is 0.107. The van der Waals surface area contributed by atoms with Gasteiger partial charge in [0, 0.05) is 24.3 Å². The van der Waals surface area contributed by atoms with E-state index in [1.165, 1.54) is 24.3 Å². The highest BCUT2D eigenvalue weighted by molar-refractivity contribution is 7.90. The maximum absolute atomic E-state index is 13.0. The number of carbonyl (C=O) groups is 1. The van der Waals surface area contributed by atoms with Crippen molar-refractivity contribution < 1.29 is 22.0 Å². The molecule has 0 aliphatic carbocycles. The van der Waals surface area contributed by atoms with E-state index in [1.807, 2.05) is 0 Å². The van der Waals surface area contributed by atoms with E-state index in [2.05, 4.69) is 0 Å². The van der Waals surface area contributed by atoms with E-state index in [0.717, 1.165) is 24.5 Å². The van der Waals surface area contributed by atoms with Gasteiger partial charge in [0.1, 0.15) is 11.6 Å². The first-order valence-electron chi connectivity index (χ1n) is 6.04. The van der Waals surface area contributed by atoms with Crippen LogP contribution in [-0.4, -0.2) is 20.5 Å². The van der Waals surface area contributed by atoms with Crippen LogP contribution in [0, 0.1) is 11.6 Å². The van der Waals surface area contributed by atoms with Gasteiger partial charge in [-0.15, -0.1) is 0 Å². The Bertz CT molecular complexity index is 761. The highest BCUT2D eigenvalue weighted by Crippen LogP contribution is 2.14. The third kappa shape index (κ3) is 3.95. The maximum Gasteiger partial charge on any atom is 0.175 e. The Morgan fingerprint density at radius 1 is 1.00 bits per heavy atom. The summed E-state index contributed by atoms with van der Waals surface area (Å²) in [6, 6.07) is 8.33. The van der Waals surface area contributed by atoms with E-state index in [4.69, 9.17) is 0 Å². The number of Topliss-reactive ketones (excluding diaryl/α,β-unsaturated/α-hetero) is 1. The first kappa shape index (κ1) is 15.3. The molecular weight excluding hydrogens is 298 g/mol. The second-order valence-corrected chi connectivity index (χ2v) is 6.69. The largest absolute Gasteiger partial charge is 0.294 e. The minimum atomic E-state index is -3.33. The lowest BCUT2D eigenvalue weighted by Crippen LogP contribution is -2.05. The zero-order valence-electron chi connectivity index (χ0n) is 11.1. The molecule has 21 heavy (non-hydrogen) atoms. The molecule has 0 N–H and O–H groups in total. The summed E-state index contributed by atoms with van der Waals surface area (Å²) in [7, 11) is -3.33. The lowest BCUT2D eigenvalue weighted by molar-refractivity contribution is 0.0993. The van der Waals surface area contributed by atoms with Crippen molar-refractivity contribution in [2.45, 2.75) is 11.3 Å². The van der Waals surface area contributed by atoms with Crippen LogP contribution >= 0.6 is 0 Å². The van der Waals surface area contributed by atoms with E-state index >= 15 is 0 Å². The Morgan fingerprint density at radius 2 is 1.52 bits per heavy atom. The molecule has 0 bridgehead atoms. The van der Waals surface area contributed by atoms with E-state index in [9.17, 15) is 22.0 Å². The molecular formula is C15H12F2O3S. The molecule has 6 heteroatoms. The molecule has 0 spiro atoms. The van der Waals surface area contributed by atoms with Gasteiger partial charge in [0.05, 0.1) is 4.90 Å². The van der Waals surface area contributed by atoms with Gasteiger partial charge in [0.2, 0.25) is 0 Å². The highest BCUT2D eigenvalue weighted by Gasteiger charge is 2.11. The summed E-state index contributed by atoms with van der Waals surface area (Å²) in [5, 5.41) is 0. The molecule has 0 atom stereocenters. The Kier molecular flexibility index (Phi) is 4.18. The quantitative estimate of drug-likeness (QED) is 0.816. The molecule has 0 aliphatic rings. The summed E-state index contributed by atoms with van der Waals surface area (Å²) >= 11 is 0. The monoisotopic (exact) mass is 310 g/mol. The molecule has 2 aromatic rings. The Labute approximate surface area is 121 Å². The Balaban J connectivity index is 2.20. The molecule has 2 rings (SSSR count). The summed E-state index contributed by atoms with van der Waals surface area (Å²) in [4.78, 5) is 12.1. The van der Waals surface area contributed by atoms with E-state index in [1.54, 1.807) is 0 Å². The van der Waals surface area contributed by atoms with Crippen molar-refractivity contribution in [2.75, 3.05) is 6.26 Å². The van der Waals surface area contributed by atoms with Crippen LogP contribution in [0.2, 0.25) is 0 Å². The van der Waals surface area contributed by atoms with Crippen molar-refractivity contribution in [1.29, 1.82) is 0 Å². The van der Waals surface area contributed by atoms with Crippen molar-refractivity contribution in [1.82, 2.24) is 0 Å². The summed E-state index contributed by atoms with van der Waals surface area (Å²) in [5.74, 6) is -1.84. The number of sulfone groups is 1. The molecule has 110 valence electrons. The zero-order valence-corrected chi connectivity index (χ0v) is 12.0. The third-order valence-corrected chi connectivity index (χ3v) is 4.02. The standard InChI is InChI=1S/C15H12F2O3S/c1-21(19,20)14-4-2-11(3-5-14)15(18)8-10-6-12(16)9-13(17)7-10/h2-7,9H,8H2,1H3. The molecule has 0 aromatic heterocycles. The molecule has 3 nitrogen and oxygen atoms in total. The maximum atomic E-state index is 13.0. The van der Waals surface area contributed by atoms with E-state index in [-0.39, 0.29) is 28.2 Å². The van der Waals surface area contributed by atoms with Gasteiger partial charge < -0.3 is 0 Å². The fourth-order valence-electron chi connectivity index (χ4n) is 1.89. The molecule has 0 aliphatic heterocycles. The Morgan fingerprint density at radius 3 is 2.00 bits per heavy atom. The number of carbonyl (C=O) groups excluding carboxylic acids is 1. The van der Waals surface area contributed by atoms with Gasteiger partial charge in [0.25, 0.3) is 0 Å². The van der Waals surface area contributed by atoms with E-state index < -0.39 is 21.5 Å². The summed E-state index contributed by atoms with van der Waals surface area (Å²) in [5.41, 5.74) is 0.511. The molecule has 0 saturated heterocycles. The van der Waals surface area contributed by atoms with Gasteiger partial charge in [-0.2, -0.15) is 0 Å². The summed E-state index contributed by atoms with van der Waals surface area (Å²) in [6.07, 6.45) is 0.909. The van der Waals surface area contributed by atoms with Crippen LogP contribution in [0.3, 0.4) is 0 Å². The van der Waals surface area contributed by atoms with Crippen LogP contribution in [0.4, 0.5) is 8.78 Å². The summed E-state index contributed by atoms with van der Waals surface area (Å²) < 4.78 is 48.7. The smallest absolute Gasteiger partial charge is 0.175 e. The van der Waals surface area contributed by atoms with Crippen LogP contribution < -0.4 is 0 Å². The third-order valence-electron chi connectivity index (χ3n) is 2.89. The van der Waals surface area contributed by atoms with Crippen LogP contribution in [0.25, 0.3) is 0 Å². The lowest BCUT2D eigenvalue weighted by Gasteiger charge is -2.04. The van der Waals surface area contributed by atoms with Gasteiger partial charge in [-0.1, -0.05) is 12.1 Å². The van der Waals surface area contributed by atoms with Crippen molar-refractivity contribution in [3.05, 3.63) is 65.2 Å². The first-order chi connectivity index (χ1) is 9.75. The van der Waals surface area contributed by atoms with Gasteiger partial charge in [-0.05, 0) is 29.8 Å². The number of hydrogen-bond donors (Lipinski definition) is 0. The fourth-order valence-corrected chi connectivity index (χ4v) is 2.52. The first-order valence-corrected chi connectivity index (χ1v) is 7.93. The lowest BCUT2D eigenvalue weighted by atomic mass is 10.0. The minimum Gasteiger partial charge on any atom is -0.294 e. The normalized spacial score (nSPS) is 11.4. The second-order valence-electron chi connectivity index (χ2n) is 4.67. The van der Waals surface area contributed by atoms with Crippen molar-refractivity contribution in [3.8, 4) is 0 Å². The number of benzene rings is 2. The van der Waals surface area contributed by atoms with Crippen molar-refractivity contribution in [3.63, 3.8) is 0 Å². The number of hydrogen-bond acceptors (Lipinski definition) is 3. The van der Waals surface area contributed by atoms with Gasteiger partial charge in [-0.3, -0.25) is 4.79 Å². The number of ketones is 1. The predicted molar refractivity (Wildman–Crippen MR) is 73.9 cm³/mol. The van der Waals surface area contributed by atoms with Crippen molar-refractivity contribution >= 4 is 15.6 Å². The number of rotatable bonds is 4. The molecule has 0 fully saturated rings. The van der Waals surface area contributed by atoms with Gasteiger partial charge >= 0.3 is 0 Å². The average molecular weight is 310 g/mol. The second kappa shape index (κ2) is 5.73. The fraction of sp³-hybridized carbons (Fsp3) is 0.133. The Hall–Kier alpha value is -2.08. The van der Waals surface area contributed by atoms with E-state index in [0.29, 0.717) is 0 Å². The average Bonchev–Trinajstić information content (AvgIpc) is 2.36. The van der Waals surface area contributed by atoms with Crippen LogP contribution in [0.15, 0.2) is 47.4 Å². The van der Waals surface area contributed by atoms with Gasteiger partial charge in [-0.25, -0.2) is 17.2 Å². The zero-order chi connectivity index (χ0) is 15.6. The summed E-state index contributed by atoms with van der Waals surface area (Å²) in [6.45, 7) is 0. The predicted octanol–water partition coefficient (Wildman–Crippen LogP) is 2.79. The molecule has 2 aromatic carbocycles. The SMILES string of the molecule is CS(=O)(=O)c1ccc(C(=O)Cc2cc(F)cc(F)c2)cc1. The van der Waals surface area contributed by atoms with Crippen LogP contribution in [0.1, 0.15) is 15.9 Å². The highest BCUT2D eigenvalue weighted by atomic mass is 32.2. The molecule has 0 unspecified atom stereocenters. The molecule has 0 amide bonds. The van der Waals surface area contributed by atoms with Crippen LogP contribution in [0.5, 0.6) is 0 Å². The van der Waals surface area contributed by atoms with Crippen molar-refractivity contribution in [2.24, 2.45) is 0 Å². The molecule has 0 radical (unpaired) electrons. The number of halogens is 2. The topological polar surface area (TPSA) is 51.2 Å². The van der Waals surface area contributed by atoms with Crippen LogP contribution in [-0.2, 0) is 16.3 Å². The molecule has 0 saturated carbocycles. The molecule has 0 heterocycles.